The van der Waals surface area contributed by atoms with Crippen LogP contribution in [0.5, 0.6) is 0 Å². The number of halogens is 1. The topological polar surface area (TPSA) is 71.9 Å². The number of hydrogen-bond donors (Lipinski definition) is 3. The fourth-order valence-electron chi connectivity index (χ4n) is 4.43. The number of urea groups is 1. The molecule has 2 amide bonds. The van der Waals surface area contributed by atoms with Gasteiger partial charge in [0.05, 0.1) is 37.0 Å². The molecule has 3 rings (SSSR count). The van der Waals surface area contributed by atoms with Crippen LogP contribution in [-0.2, 0) is 9.53 Å². The van der Waals surface area contributed by atoms with Gasteiger partial charge in [-0.1, -0.05) is 37.6 Å². The zero-order chi connectivity index (χ0) is 20.3. The molecule has 0 saturated carbocycles. The van der Waals surface area contributed by atoms with Crippen LogP contribution in [-0.4, -0.2) is 38.2 Å². The predicted molar refractivity (Wildman–Crippen MR) is 108 cm³/mol. The average molecular weight is 407 g/mol. The molecule has 1 aromatic rings. The third-order valence-electron chi connectivity index (χ3n) is 5.36. The highest BCUT2D eigenvalue weighted by atomic mass is 35.5. The minimum Gasteiger partial charge on any atom is -0.463 e. The van der Waals surface area contributed by atoms with Crippen molar-refractivity contribution in [1.29, 1.82) is 0 Å². The zero-order valence-electron chi connectivity index (χ0n) is 16.7. The first kappa shape index (κ1) is 20.7. The molecule has 0 radical (unpaired) electrons. The van der Waals surface area contributed by atoms with Gasteiger partial charge in [-0.3, -0.25) is 0 Å². The minimum atomic E-state index is -0.556. The first-order valence-corrected chi connectivity index (χ1v) is 10.3. The third kappa shape index (κ3) is 4.86. The number of nitrogens with one attached hydrogen (secondary N) is 3. The molecule has 6 nitrogen and oxygen atoms in total. The number of benzene rings is 1. The van der Waals surface area contributed by atoms with Gasteiger partial charge in [-0.05, 0) is 31.0 Å². The lowest BCUT2D eigenvalue weighted by Gasteiger charge is -2.35. The number of carbonyl (C=O) groups excluding carboxylic acids is 2. The SMILES string of the molecule is CCOC(=O)C1=C(C[NH+]2C[C@H](C)C[C@H](C)C2)NC(=O)N[C@@H]1c1ccc(Cl)cc1. The van der Waals surface area contributed by atoms with E-state index in [9.17, 15) is 9.59 Å². The van der Waals surface area contributed by atoms with Gasteiger partial charge < -0.3 is 20.3 Å². The maximum Gasteiger partial charge on any atom is 0.338 e. The van der Waals surface area contributed by atoms with Crippen molar-refractivity contribution in [1.82, 2.24) is 10.6 Å². The van der Waals surface area contributed by atoms with Crippen LogP contribution in [0.1, 0.15) is 38.8 Å². The van der Waals surface area contributed by atoms with Crippen molar-refractivity contribution in [2.24, 2.45) is 11.8 Å². The molecule has 4 atom stereocenters. The Morgan fingerprint density at radius 1 is 1.21 bits per heavy atom. The molecule has 1 fully saturated rings. The van der Waals surface area contributed by atoms with Gasteiger partial charge in [-0.2, -0.15) is 0 Å². The van der Waals surface area contributed by atoms with Gasteiger partial charge in [0.1, 0.15) is 6.54 Å². The highest BCUT2D eigenvalue weighted by Gasteiger charge is 2.36. The van der Waals surface area contributed by atoms with E-state index in [-0.39, 0.29) is 12.6 Å². The number of amides is 2. The molecule has 1 unspecified atom stereocenters. The normalized spacial score (nSPS) is 27.8. The van der Waals surface area contributed by atoms with Crippen LogP contribution < -0.4 is 15.5 Å². The Morgan fingerprint density at radius 3 is 2.46 bits per heavy atom. The number of piperidine rings is 1. The van der Waals surface area contributed by atoms with Gasteiger partial charge in [0, 0.05) is 16.9 Å². The zero-order valence-corrected chi connectivity index (χ0v) is 17.4. The molecule has 2 aliphatic heterocycles. The van der Waals surface area contributed by atoms with Crippen molar-refractivity contribution in [2.75, 3.05) is 26.2 Å². The molecule has 1 saturated heterocycles. The van der Waals surface area contributed by atoms with Gasteiger partial charge in [-0.25, -0.2) is 9.59 Å². The molecule has 3 N–H and O–H groups in total. The summed E-state index contributed by atoms with van der Waals surface area (Å²) in [5.41, 5.74) is 1.93. The maximum atomic E-state index is 12.8. The lowest BCUT2D eigenvalue weighted by molar-refractivity contribution is -0.907. The van der Waals surface area contributed by atoms with Crippen molar-refractivity contribution in [3.63, 3.8) is 0 Å². The van der Waals surface area contributed by atoms with Gasteiger partial charge in [0.15, 0.2) is 0 Å². The second-order valence-corrected chi connectivity index (χ2v) is 8.41. The van der Waals surface area contributed by atoms with Gasteiger partial charge >= 0.3 is 12.0 Å². The van der Waals surface area contributed by atoms with Gasteiger partial charge in [0.25, 0.3) is 0 Å². The maximum absolute atomic E-state index is 12.8. The Morgan fingerprint density at radius 2 is 1.86 bits per heavy atom. The van der Waals surface area contributed by atoms with Crippen LogP contribution in [0.4, 0.5) is 4.79 Å². The van der Waals surface area contributed by atoms with E-state index in [4.69, 9.17) is 16.3 Å². The Bertz CT molecular complexity index is 753. The van der Waals surface area contributed by atoms with Crippen LogP contribution in [0.3, 0.4) is 0 Å². The molecule has 28 heavy (non-hydrogen) atoms. The minimum absolute atomic E-state index is 0.279. The molecule has 0 spiro atoms. The average Bonchev–Trinajstić information content (AvgIpc) is 2.61. The van der Waals surface area contributed by atoms with Crippen molar-refractivity contribution < 1.29 is 19.2 Å². The second-order valence-electron chi connectivity index (χ2n) is 7.98. The molecule has 1 aromatic carbocycles. The smallest absolute Gasteiger partial charge is 0.338 e. The molecule has 2 heterocycles. The summed E-state index contributed by atoms with van der Waals surface area (Å²) in [6, 6.07) is 6.31. The quantitative estimate of drug-likeness (QED) is 0.655. The molecule has 152 valence electrons. The van der Waals surface area contributed by atoms with E-state index < -0.39 is 12.0 Å². The lowest BCUT2D eigenvalue weighted by atomic mass is 9.91. The fraction of sp³-hybridized carbons (Fsp3) is 0.524. The van der Waals surface area contributed by atoms with E-state index in [1.807, 2.05) is 12.1 Å². The van der Waals surface area contributed by atoms with Crippen LogP contribution in [0.2, 0.25) is 5.02 Å². The number of rotatable bonds is 5. The number of ether oxygens (including phenoxy) is 1. The molecule has 2 aliphatic rings. The van der Waals surface area contributed by atoms with Crippen molar-refractivity contribution in [3.05, 3.63) is 46.1 Å². The van der Waals surface area contributed by atoms with Crippen molar-refractivity contribution >= 4 is 23.6 Å². The predicted octanol–water partition coefficient (Wildman–Crippen LogP) is 2.07. The van der Waals surface area contributed by atoms with Crippen LogP contribution >= 0.6 is 11.6 Å². The summed E-state index contributed by atoms with van der Waals surface area (Å²) in [6.07, 6.45) is 1.22. The van der Waals surface area contributed by atoms with Crippen LogP contribution in [0.15, 0.2) is 35.5 Å². The summed E-state index contributed by atoms with van der Waals surface area (Å²) in [5, 5.41) is 6.34. The Labute approximate surface area is 171 Å². The summed E-state index contributed by atoms with van der Waals surface area (Å²) in [4.78, 5) is 26.6. The summed E-state index contributed by atoms with van der Waals surface area (Å²) in [7, 11) is 0. The summed E-state index contributed by atoms with van der Waals surface area (Å²) in [6.45, 7) is 9.23. The highest BCUT2D eigenvalue weighted by Crippen LogP contribution is 2.28. The molecule has 0 bridgehead atoms. The highest BCUT2D eigenvalue weighted by molar-refractivity contribution is 6.30. The monoisotopic (exact) mass is 406 g/mol. The van der Waals surface area contributed by atoms with E-state index in [1.165, 1.54) is 11.3 Å². The summed E-state index contributed by atoms with van der Waals surface area (Å²) < 4.78 is 5.33. The second kappa shape index (κ2) is 8.97. The fourth-order valence-corrected chi connectivity index (χ4v) is 4.56. The first-order valence-electron chi connectivity index (χ1n) is 9.94. The van der Waals surface area contributed by atoms with Crippen molar-refractivity contribution in [3.8, 4) is 0 Å². The van der Waals surface area contributed by atoms with Crippen molar-refractivity contribution in [2.45, 2.75) is 33.2 Å². The largest absolute Gasteiger partial charge is 0.463 e. The lowest BCUT2D eigenvalue weighted by Crippen LogP contribution is -3.14. The van der Waals surface area contributed by atoms with Gasteiger partial charge in [-0.15, -0.1) is 0 Å². The van der Waals surface area contributed by atoms with Crippen LogP contribution in [0, 0.1) is 11.8 Å². The van der Waals surface area contributed by atoms with E-state index in [2.05, 4.69) is 24.5 Å². The molecule has 0 aliphatic carbocycles. The molecule has 0 aromatic heterocycles. The number of hydrogen-bond acceptors (Lipinski definition) is 3. The third-order valence-corrected chi connectivity index (χ3v) is 5.61. The molecular formula is C21H29ClN3O3+. The van der Waals surface area contributed by atoms with E-state index in [0.717, 1.165) is 18.7 Å². The van der Waals surface area contributed by atoms with Crippen LogP contribution in [0.25, 0.3) is 0 Å². The summed E-state index contributed by atoms with van der Waals surface area (Å²) >= 11 is 6.01. The number of carbonyl (C=O) groups is 2. The first-order chi connectivity index (χ1) is 13.4. The standard InChI is InChI=1S/C21H28ClN3O3/c1-4-28-20(26)18-17(12-25-10-13(2)9-14(3)11-25)23-21(27)24-19(18)15-5-7-16(22)8-6-15/h5-8,13-14,19H,4,9-12H2,1-3H3,(H2,23,24,27)/p+1/t13-,14+,19-/m1/s1. The Kier molecular flexibility index (Phi) is 6.62. The summed E-state index contributed by atoms with van der Waals surface area (Å²) in [5.74, 6) is 0.840. The van der Waals surface area contributed by atoms with Gasteiger partial charge in [0.2, 0.25) is 0 Å². The van der Waals surface area contributed by atoms with E-state index >= 15 is 0 Å². The molecule has 7 heteroatoms. The molecular weight excluding hydrogens is 378 g/mol. The number of esters is 1. The van der Waals surface area contributed by atoms with E-state index in [1.54, 1.807) is 19.1 Å². The van der Waals surface area contributed by atoms with E-state index in [0.29, 0.717) is 34.7 Å². The Hall–Kier alpha value is -2.05. The number of likely N-dealkylation sites (tertiary alicyclic amines) is 1. The number of quaternary nitrogens is 1. The Balaban J connectivity index is 1.96.